The molecule has 1 amide bonds. The molecule has 172 valence electrons. The molecule has 2 aromatic carbocycles. The highest BCUT2D eigenvalue weighted by Crippen LogP contribution is 2.34. The second-order valence-corrected chi connectivity index (χ2v) is 7.72. The zero-order valence-corrected chi connectivity index (χ0v) is 17.9. The minimum Gasteiger partial charge on any atom is -0.324 e. The zero-order chi connectivity index (χ0) is 23.9. The van der Waals surface area contributed by atoms with Gasteiger partial charge in [0.1, 0.15) is 6.54 Å². The number of aromatic nitrogens is 4. The highest BCUT2D eigenvalue weighted by Gasteiger charge is 2.33. The van der Waals surface area contributed by atoms with Gasteiger partial charge in [0.15, 0.2) is 0 Å². The van der Waals surface area contributed by atoms with E-state index in [1.165, 1.54) is 39.3 Å². The maximum absolute atomic E-state index is 13.2. The van der Waals surface area contributed by atoms with Crippen molar-refractivity contribution >= 4 is 39.9 Å². The molecule has 0 radical (unpaired) electrons. The predicted octanol–water partition coefficient (Wildman–Crippen LogP) is 3.53. The predicted molar refractivity (Wildman–Crippen MR) is 117 cm³/mol. The van der Waals surface area contributed by atoms with E-state index < -0.39 is 41.1 Å². The van der Waals surface area contributed by atoms with E-state index in [0.29, 0.717) is 11.4 Å². The Hall–Kier alpha value is -3.60. The molecule has 12 heteroatoms. The number of carbonyl (C=O) groups excluding carboxylic acids is 1. The van der Waals surface area contributed by atoms with Crippen LogP contribution in [0.2, 0.25) is 5.02 Å². The molecule has 0 aliphatic rings. The lowest BCUT2D eigenvalue weighted by Gasteiger charge is -2.13. The van der Waals surface area contributed by atoms with Crippen LogP contribution < -0.4 is 16.6 Å². The van der Waals surface area contributed by atoms with E-state index in [2.05, 4.69) is 10.4 Å². The lowest BCUT2D eigenvalue weighted by atomic mass is 10.1. The standard InChI is InChI=1S/C21H17ClF3N5O3/c1-2-9-28-18(32)13-10-12(22)7-8-16(13)30-19(28)27-29(20(30)33)11-17(31)26-15-6-4-3-5-14(15)21(23,24)25/h3-8,10H,2,9,11H2,1H3,(H,26,31). The Kier molecular flexibility index (Phi) is 5.75. The summed E-state index contributed by atoms with van der Waals surface area (Å²) in [5, 5.41) is 6.82. The fourth-order valence-corrected chi connectivity index (χ4v) is 3.76. The fraction of sp³-hybridized carbons (Fsp3) is 0.238. The Balaban J connectivity index is 1.79. The van der Waals surface area contributed by atoms with Gasteiger partial charge in [0.05, 0.1) is 22.2 Å². The molecule has 4 aromatic rings. The summed E-state index contributed by atoms with van der Waals surface area (Å²) in [6, 6.07) is 8.96. The zero-order valence-electron chi connectivity index (χ0n) is 17.2. The number of rotatable bonds is 5. The minimum atomic E-state index is -4.67. The first-order chi connectivity index (χ1) is 15.6. The molecular weight excluding hydrogens is 463 g/mol. The maximum atomic E-state index is 13.2. The number of nitrogens with one attached hydrogen (secondary N) is 1. The lowest BCUT2D eigenvalue weighted by molar-refractivity contribution is -0.137. The highest BCUT2D eigenvalue weighted by atomic mass is 35.5. The molecule has 1 N–H and O–H groups in total. The third-order valence-corrected chi connectivity index (χ3v) is 5.22. The molecule has 0 aliphatic heterocycles. The monoisotopic (exact) mass is 479 g/mol. The third-order valence-electron chi connectivity index (χ3n) is 4.99. The van der Waals surface area contributed by atoms with Crippen molar-refractivity contribution in [3.8, 4) is 0 Å². The summed E-state index contributed by atoms with van der Waals surface area (Å²) >= 11 is 6.02. The van der Waals surface area contributed by atoms with Crippen LogP contribution in [0.4, 0.5) is 18.9 Å². The van der Waals surface area contributed by atoms with E-state index in [1.54, 1.807) is 0 Å². The average molecular weight is 480 g/mol. The van der Waals surface area contributed by atoms with Gasteiger partial charge in [-0.3, -0.25) is 14.2 Å². The average Bonchev–Trinajstić information content (AvgIpc) is 3.06. The van der Waals surface area contributed by atoms with Crippen LogP contribution in [-0.2, 0) is 24.1 Å². The largest absolute Gasteiger partial charge is 0.418 e. The van der Waals surface area contributed by atoms with Gasteiger partial charge >= 0.3 is 11.9 Å². The highest BCUT2D eigenvalue weighted by molar-refractivity contribution is 6.31. The van der Waals surface area contributed by atoms with Crippen LogP contribution in [0, 0.1) is 0 Å². The first kappa shape index (κ1) is 22.6. The number of amides is 1. The first-order valence-corrected chi connectivity index (χ1v) is 10.3. The third kappa shape index (κ3) is 4.11. The van der Waals surface area contributed by atoms with Gasteiger partial charge < -0.3 is 5.32 Å². The van der Waals surface area contributed by atoms with Crippen LogP contribution >= 0.6 is 11.6 Å². The molecule has 2 heterocycles. The number of benzene rings is 2. The maximum Gasteiger partial charge on any atom is 0.418 e. The van der Waals surface area contributed by atoms with Gasteiger partial charge in [-0.2, -0.15) is 13.2 Å². The quantitative estimate of drug-likeness (QED) is 0.474. The van der Waals surface area contributed by atoms with Crippen molar-refractivity contribution in [3.05, 3.63) is 73.9 Å². The van der Waals surface area contributed by atoms with Gasteiger partial charge in [-0.15, -0.1) is 5.10 Å². The number of halogens is 4. The van der Waals surface area contributed by atoms with Crippen LogP contribution in [0.15, 0.2) is 52.1 Å². The van der Waals surface area contributed by atoms with Crippen LogP contribution in [0.1, 0.15) is 18.9 Å². The number of nitrogens with zero attached hydrogens (tertiary/aromatic N) is 4. The Morgan fingerprint density at radius 3 is 2.58 bits per heavy atom. The van der Waals surface area contributed by atoms with E-state index in [9.17, 15) is 27.6 Å². The Morgan fingerprint density at radius 1 is 1.15 bits per heavy atom. The second kappa shape index (κ2) is 8.39. The van der Waals surface area contributed by atoms with Crippen molar-refractivity contribution in [1.82, 2.24) is 18.7 Å². The van der Waals surface area contributed by atoms with Gasteiger partial charge in [-0.05, 0) is 36.8 Å². The topological polar surface area (TPSA) is 90.4 Å². The molecule has 0 atom stereocenters. The van der Waals surface area contributed by atoms with Crippen LogP contribution in [0.5, 0.6) is 0 Å². The van der Waals surface area contributed by atoms with E-state index in [4.69, 9.17) is 11.6 Å². The van der Waals surface area contributed by atoms with Gasteiger partial charge in [0.25, 0.3) is 5.56 Å². The van der Waals surface area contributed by atoms with Gasteiger partial charge in [-0.25, -0.2) is 13.9 Å². The number of carbonyl (C=O) groups is 1. The van der Waals surface area contributed by atoms with Gasteiger partial charge in [-0.1, -0.05) is 30.7 Å². The summed E-state index contributed by atoms with van der Waals surface area (Å²) in [7, 11) is 0. The Morgan fingerprint density at radius 2 is 1.88 bits per heavy atom. The van der Waals surface area contributed by atoms with Crippen molar-refractivity contribution in [3.63, 3.8) is 0 Å². The molecular formula is C21H17ClF3N5O3. The molecule has 33 heavy (non-hydrogen) atoms. The minimum absolute atomic E-state index is 0.0187. The lowest BCUT2D eigenvalue weighted by Crippen LogP contribution is -2.29. The van der Waals surface area contributed by atoms with E-state index in [0.717, 1.165) is 16.8 Å². The molecule has 0 bridgehead atoms. The molecule has 0 spiro atoms. The summed E-state index contributed by atoms with van der Waals surface area (Å²) < 4.78 is 42.9. The van der Waals surface area contributed by atoms with Crippen molar-refractivity contribution in [2.45, 2.75) is 32.6 Å². The molecule has 8 nitrogen and oxygen atoms in total. The molecule has 0 fully saturated rings. The molecule has 0 saturated carbocycles. The summed E-state index contributed by atoms with van der Waals surface area (Å²) in [6.45, 7) is 1.44. The second-order valence-electron chi connectivity index (χ2n) is 7.29. The van der Waals surface area contributed by atoms with Crippen molar-refractivity contribution in [1.29, 1.82) is 0 Å². The molecule has 0 unspecified atom stereocenters. The SMILES string of the molecule is CCCn1c(=O)c2cc(Cl)ccc2n2c(=O)n(CC(=O)Nc3ccccc3C(F)(F)F)nc12. The number of anilines is 1. The van der Waals surface area contributed by atoms with Gasteiger partial charge in [0, 0.05) is 11.6 Å². The smallest absolute Gasteiger partial charge is 0.324 e. The molecule has 2 aromatic heterocycles. The van der Waals surface area contributed by atoms with E-state index >= 15 is 0 Å². The normalized spacial score (nSPS) is 11.9. The Labute approximate surface area is 188 Å². The fourth-order valence-electron chi connectivity index (χ4n) is 3.59. The van der Waals surface area contributed by atoms with Crippen molar-refractivity contribution < 1.29 is 18.0 Å². The van der Waals surface area contributed by atoms with Crippen LogP contribution in [0.3, 0.4) is 0 Å². The summed E-state index contributed by atoms with van der Waals surface area (Å²) in [4.78, 5) is 38.5. The first-order valence-electron chi connectivity index (χ1n) is 9.89. The van der Waals surface area contributed by atoms with Crippen molar-refractivity contribution in [2.75, 3.05) is 5.32 Å². The van der Waals surface area contributed by atoms with E-state index in [-0.39, 0.29) is 23.2 Å². The summed E-state index contributed by atoms with van der Waals surface area (Å²) in [6.07, 6.45) is -4.10. The number of hydrogen-bond donors (Lipinski definition) is 1. The number of fused-ring (bicyclic) bond motifs is 3. The number of alkyl halides is 3. The number of aryl methyl sites for hydroxylation is 1. The summed E-state index contributed by atoms with van der Waals surface area (Å²) in [5.41, 5.74) is -2.31. The van der Waals surface area contributed by atoms with Crippen molar-refractivity contribution in [2.24, 2.45) is 0 Å². The van der Waals surface area contributed by atoms with Crippen LogP contribution in [-0.4, -0.2) is 24.7 Å². The van der Waals surface area contributed by atoms with E-state index in [1.807, 2.05) is 6.92 Å². The number of para-hydroxylation sites is 1. The summed E-state index contributed by atoms with van der Waals surface area (Å²) in [5.74, 6) is -0.862. The van der Waals surface area contributed by atoms with Crippen LogP contribution in [0.25, 0.3) is 16.7 Å². The molecule has 0 saturated heterocycles. The molecule has 0 aliphatic carbocycles. The molecule has 4 rings (SSSR count). The Bertz CT molecular complexity index is 1500. The number of hydrogen-bond acceptors (Lipinski definition) is 4. The van der Waals surface area contributed by atoms with Gasteiger partial charge in [0.2, 0.25) is 11.7 Å².